The van der Waals surface area contributed by atoms with E-state index in [1.54, 1.807) is 30.3 Å². The van der Waals surface area contributed by atoms with Crippen LogP contribution in [0, 0.1) is 0 Å². The molecule has 2 rings (SSSR count). The summed E-state index contributed by atoms with van der Waals surface area (Å²) in [7, 11) is -3.77. The SMILES string of the molecule is NCc1ccc(Br)c(S(=O)(=O)Nc2cc(Br)ccc2Cl)c1. The van der Waals surface area contributed by atoms with Crippen LogP contribution in [-0.2, 0) is 16.6 Å². The largest absolute Gasteiger partial charge is 0.326 e. The van der Waals surface area contributed by atoms with E-state index in [2.05, 4.69) is 36.6 Å². The number of halogens is 3. The first kappa shape index (κ1) is 16.8. The van der Waals surface area contributed by atoms with E-state index in [1.165, 1.54) is 6.07 Å². The molecule has 0 fully saturated rings. The van der Waals surface area contributed by atoms with E-state index in [0.717, 1.165) is 10.0 Å². The number of hydrogen-bond donors (Lipinski definition) is 2. The maximum absolute atomic E-state index is 12.5. The Bertz CT molecular complexity index is 782. The van der Waals surface area contributed by atoms with Crippen molar-refractivity contribution in [1.82, 2.24) is 0 Å². The molecule has 0 atom stereocenters. The van der Waals surface area contributed by atoms with Crippen LogP contribution in [0.4, 0.5) is 5.69 Å². The summed E-state index contributed by atoms with van der Waals surface area (Å²) in [4.78, 5) is 0.112. The quantitative estimate of drug-likeness (QED) is 0.730. The van der Waals surface area contributed by atoms with Crippen LogP contribution in [-0.4, -0.2) is 8.42 Å². The zero-order chi connectivity index (χ0) is 15.6. The fraction of sp³-hybridized carbons (Fsp3) is 0.0769. The second kappa shape index (κ2) is 6.66. The fourth-order valence-corrected chi connectivity index (χ4v) is 4.32. The Labute approximate surface area is 145 Å². The van der Waals surface area contributed by atoms with Crippen molar-refractivity contribution in [2.45, 2.75) is 11.4 Å². The molecule has 0 aliphatic rings. The first-order valence-corrected chi connectivity index (χ1v) is 9.24. The molecule has 0 spiro atoms. The van der Waals surface area contributed by atoms with Gasteiger partial charge in [0.15, 0.2) is 0 Å². The second-order valence-corrected chi connectivity index (χ2v) is 8.03. The maximum atomic E-state index is 12.5. The molecule has 0 heterocycles. The number of nitrogens with two attached hydrogens (primary N) is 1. The summed E-state index contributed by atoms with van der Waals surface area (Å²) < 4.78 is 28.7. The molecule has 0 saturated carbocycles. The first-order valence-electron chi connectivity index (χ1n) is 5.80. The number of anilines is 1. The van der Waals surface area contributed by atoms with Gasteiger partial charge in [0.05, 0.1) is 10.7 Å². The molecule has 112 valence electrons. The van der Waals surface area contributed by atoms with Crippen molar-refractivity contribution >= 4 is 59.2 Å². The Morgan fingerprint density at radius 1 is 1.14 bits per heavy atom. The van der Waals surface area contributed by atoms with E-state index in [9.17, 15) is 8.42 Å². The fourth-order valence-electron chi connectivity index (χ4n) is 1.66. The summed E-state index contributed by atoms with van der Waals surface area (Å²) >= 11 is 12.5. The van der Waals surface area contributed by atoms with Crippen LogP contribution in [0.5, 0.6) is 0 Å². The summed E-state index contributed by atoms with van der Waals surface area (Å²) in [5, 5.41) is 0.313. The molecule has 0 unspecified atom stereocenters. The minimum atomic E-state index is -3.77. The zero-order valence-corrected chi connectivity index (χ0v) is 15.4. The van der Waals surface area contributed by atoms with Gasteiger partial charge in [0.1, 0.15) is 4.90 Å². The number of sulfonamides is 1. The van der Waals surface area contributed by atoms with Crippen molar-refractivity contribution in [3.8, 4) is 0 Å². The molecule has 0 aliphatic carbocycles. The van der Waals surface area contributed by atoms with Gasteiger partial charge in [0.2, 0.25) is 0 Å². The van der Waals surface area contributed by atoms with Crippen LogP contribution in [0.3, 0.4) is 0 Å². The van der Waals surface area contributed by atoms with Crippen molar-refractivity contribution in [2.75, 3.05) is 4.72 Å². The van der Waals surface area contributed by atoms with E-state index < -0.39 is 10.0 Å². The molecule has 0 radical (unpaired) electrons. The number of nitrogens with one attached hydrogen (secondary N) is 1. The van der Waals surface area contributed by atoms with Crippen LogP contribution in [0.2, 0.25) is 5.02 Å². The van der Waals surface area contributed by atoms with E-state index in [4.69, 9.17) is 17.3 Å². The third kappa shape index (κ3) is 3.98. The highest BCUT2D eigenvalue weighted by Gasteiger charge is 2.19. The topological polar surface area (TPSA) is 72.2 Å². The van der Waals surface area contributed by atoms with E-state index in [-0.39, 0.29) is 11.4 Å². The molecule has 2 aromatic carbocycles. The molecular formula is C13H11Br2ClN2O2S. The summed E-state index contributed by atoms with van der Waals surface area (Å²) in [5.74, 6) is 0. The van der Waals surface area contributed by atoms with Crippen LogP contribution in [0.15, 0.2) is 50.2 Å². The monoisotopic (exact) mass is 452 g/mol. The first-order chi connectivity index (χ1) is 9.83. The lowest BCUT2D eigenvalue weighted by Crippen LogP contribution is -2.14. The van der Waals surface area contributed by atoms with Crippen molar-refractivity contribution in [2.24, 2.45) is 5.73 Å². The lowest BCUT2D eigenvalue weighted by atomic mass is 10.2. The van der Waals surface area contributed by atoms with Crippen LogP contribution in [0.1, 0.15) is 5.56 Å². The predicted molar refractivity (Wildman–Crippen MR) is 92.0 cm³/mol. The van der Waals surface area contributed by atoms with E-state index in [1.807, 2.05) is 0 Å². The predicted octanol–water partition coefficient (Wildman–Crippen LogP) is 4.12. The molecule has 3 N–H and O–H groups in total. The van der Waals surface area contributed by atoms with E-state index in [0.29, 0.717) is 15.2 Å². The van der Waals surface area contributed by atoms with Gasteiger partial charge in [0.25, 0.3) is 10.0 Å². The van der Waals surface area contributed by atoms with Gasteiger partial charge in [0, 0.05) is 15.5 Å². The lowest BCUT2D eigenvalue weighted by molar-refractivity contribution is 0.600. The van der Waals surface area contributed by atoms with Crippen molar-refractivity contribution in [3.63, 3.8) is 0 Å². The van der Waals surface area contributed by atoms with Crippen LogP contribution < -0.4 is 10.5 Å². The third-order valence-electron chi connectivity index (χ3n) is 2.69. The van der Waals surface area contributed by atoms with Gasteiger partial charge in [-0.25, -0.2) is 8.42 Å². The molecule has 21 heavy (non-hydrogen) atoms. The Morgan fingerprint density at radius 3 is 2.52 bits per heavy atom. The highest BCUT2D eigenvalue weighted by Crippen LogP contribution is 2.30. The van der Waals surface area contributed by atoms with Gasteiger partial charge in [-0.05, 0) is 51.8 Å². The van der Waals surface area contributed by atoms with Crippen molar-refractivity contribution in [3.05, 3.63) is 55.9 Å². The van der Waals surface area contributed by atoms with Gasteiger partial charge < -0.3 is 5.73 Å². The smallest absolute Gasteiger partial charge is 0.263 e. The number of hydrogen-bond acceptors (Lipinski definition) is 3. The third-order valence-corrected chi connectivity index (χ3v) is 5.88. The summed E-state index contributed by atoms with van der Waals surface area (Å²) in [5.41, 5.74) is 6.57. The van der Waals surface area contributed by atoms with Gasteiger partial charge in [-0.15, -0.1) is 0 Å². The summed E-state index contributed by atoms with van der Waals surface area (Å²) in [6.45, 7) is 0.257. The van der Waals surface area contributed by atoms with E-state index >= 15 is 0 Å². The Balaban J connectivity index is 2.45. The summed E-state index contributed by atoms with van der Waals surface area (Å²) in [6, 6.07) is 9.87. The standard InChI is InChI=1S/C13H11Br2ClN2O2S/c14-9-2-4-11(16)12(6-9)18-21(19,20)13-5-8(7-17)1-3-10(13)15/h1-6,18H,7,17H2. The molecule has 0 aromatic heterocycles. The Kier molecular flexibility index (Phi) is 5.32. The molecule has 0 amide bonds. The van der Waals surface area contributed by atoms with Gasteiger partial charge in [-0.2, -0.15) is 0 Å². The molecule has 0 bridgehead atoms. The normalized spacial score (nSPS) is 11.4. The second-order valence-electron chi connectivity index (χ2n) is 4.20. The van der Waals surface area contributed by atoms with Crippen LogP contribution in [0.25, 0.3) is 0 Å². The molecule has 0 saturated heterocycles. The molecule has 0 aliphatic heterocycles. The van der Waals surface area contributed by atoms with Crippen molar-refractivity contribution in [1.29, 1.82) is 0 Å². The average molecular weight is 455 g/mol. The van der Waals surface area contributed by atoms with Crippen molar-refractivity contribution < 1.29 is 8.42 Å². The minimum Gasteiger partial charge on any atom is -0.326 e. The average Bonchev–Trinajstić information content (AvgIpc) is 2.43. The van der Waals surface area contributed by atoms with Gasteiger partial charge >= 0.3 is 0 Å². The van der Waals surface area contributed by atoms with Gasteiger partial charge in [-0.3, -0.25) is 4.72 Å². The maximum Gasteiger partial charge on any atom is 0.263 e. The zero-order valence-electron chi connectivity index (χ0n) is 10.6. The minimum absolute atomic E-state index is 0.112. The highest BCUT2D eigenvalue weighted by atomic mass is 79.9. The Morgan fingerprint density at radius 2 is 1.86 bits per heavy atom. The number of rotatable bonds is 4. The Hall–Kier alpha value is -0.600. The summed E-state index contributed by atoms with van der Waals surface area (Å²) in [6.07, 6.45) is 0. The molecule has 8 heteroatoms. The highest BCUT2D eigenvalue weighted by molar-refractivity contribution is 9.10. The van der Waals surface area contributed by atoms with Gasteiger partial charge in [-0.1, -0.05) is 33.6 Å². The lowest BCUT2D eigenvalue weighted by Gasteiger charge is -2.12. The molecule has 2 aromatic rings. The molecular weight excluding hydrogens is 443 g/mol. The molecule has 4 nitrogen and oxygen atoms in total. The van der Waals surface area contributed by atoms with Crippen LogP contribution >= 0.6 is 43.5 Å². The number of benzene rings is 2.